The van der Waals surface area contributed by atoms with Crippen LogP contribution in [-0.2, 0) is 28.6 Å². The van der Waals surface area contributed by atoms with Crippen LogP contribution in [0.3, 0.4) is 0 Å². The van der Waals surface area contributed by atoms with Gasteiger partial charge in [-0.2, -0.15) is 0 Å². The molecule has 0 spiro atoms. The van der Waals surface area contributed by atoms with E-state index in [0.29, 0.717) is 24.7 Å². The van der Waals surface area contributed by atoms with E-state index in [-0.39, 0.29) is 64.6 Å². The molecular formula is C29H46O7. The summed E-state index contributed by atoms with van der Waals surface area (Å²) in [5.74, 6) is 0.965. The van der Waals surface area contributed by atoms with Crippen LogP contribution in [-0.4, -0.2) is 48.4 Å². The Balaban J connectivity index is 1.62. The van der Waals surface area contributed by atoms with Gasteiger partial charge in [0.1, 0.15) is 12.2 Å². The van der Waals surface area contributed by atoms with Crippen LogP contribution in [0, 0.1) is 46.3 Å². The molecule has 4 rings (SSSR count). The lowest BCUT2D eigenvalue weighted by Crippen LogP contribution is -2.63. The van der Waals surface area contributed by atoms with Gasteiger partial charge >= 0.3 is 17.9 Å². The molecule has 0 aliphatic heterocycles. The molecule has 0 aromatic rings. The molecule has 7 nitrogen and oxygen atoms in total. The van der Waals surface area contributed by atoms with Gasteiger partial charge in [-0.1, -0.05) is 20.8 Å². The number of hydrogen-bond acceptors (Lipinski definition) is 7. The summed E-state index contributed by atoms with van der Waals surface area (Å²) in [6.45, 7) is 9.78. The van der Waals surface area contributed by atoms with Crippen LogP contribution in [0.1, 0.15) is 92.4 Å². The third kappa shape index (κ3) is 4.69. The molecular weight excluding hydrogens is 460 g/mol. The molecule has 0 radical (unpaired) electrons. The van der Waals surface area contributed by atoms with Crippen LogP contribution in [0.2, 0.25) is 0 Å². The fourth-order valence-corrected chi connectivity index (χ4v) is 9.42. The second-order valence-electron chi connectivity index (χ2n) is 12.8. The van der Waals surface area contributed by atoms with Crippen LogP contribution in [0.25, 0.3) is 0 Å². The van der Waals surface area contributed by atoms with E-state index in [1.165, 1.54) is 21.0 Å². The maximum atomic E-state index is 12.2. The lowest BCUT2D eigenvalue weighted by atomic mass is 9.43. The van der Waals surface area contributed by atoms with Crippen molar-refractivity contribution in [3.8, 4) is 0 Å². The van der Waals surface area contributed by atoms with Gasteiger partial charge in [-0.3, -0.25) is 14.4 Å². The summed E-state index contributed by atoms with van der Waals surface area (Å²) in [4.78, 5) is 35.7. The van der Waals surface area contributed by atoms with E-state index in [4.69, 9.17) is 14.2 Å². The van der Waals surface area contributed by atoms with Gasteiger partial charge in [0.05, 0.1) is 13.2 Å². The Bertz CT molecular complexity index is 857. The van der Waals surface area contributed by atoms with Crippen molar-refractivity contribution in [3.05, 3.63) is 0 Å². The SMILES string of the molecule is COC(=O)CC[C@H](C)[C@H]1CCC2C3C(OC(C)=O)C[C@@H]4C[C@H](OC(C)=O)CC[C@]4(C)C3C[C@H](O)[C@@]21C. The van der Waals surface area contributed by atoms with Crippen molar-refractivity contribution in [1.29, 1.82) is 0 Å². The maximum Gasteiger partial charge on any atom is 0.305 e. The second kappa shape index (κ2) is 10.3. The Kier molecular flexibility index (Phi) is 7.81. The number of rotatable bonds is 6. The first-order chi connectivity index (χ1) is 16.9. The zero-order chi connectivity index (χ0) is 26.4. The molecule has 11 atom stereocenters. The number of carbonyl (C=O) groups excluding carboxylic acids is 3. The van der Waals surface area contributed by atoms with Crippen molar-refractivity contribution in [2.45, 2.75) is 111 Å². The van der Waals surface area contributed by atoms with Crippen LogP contribution in [0.4, 0.5) is 0 Å². The monoisotopic (exact) mass is 506 g/mol. The van der Waals surface area contributed by atoms with Crippen molar-refractivity contribution < 1.29 is 33.7 Å². The fraction of sp³-hybridized carbons (Fsp3) is 0.897. The summed E-state index contributed by atoms with van der Waals surface area (Å²) in [6, 6.07) is 0. The van der Waals surface area contributed by atoms with E-state index in [0.717, 1.165) is 44.9 Å². The Morgan fingerprint density at radius 2 is 1.67 bits per heavy atom. The molecule has 0 aromatic carbocycles. The number of aliphatic hydroxyl groups is 1. The van der Waals surface area contributed by atoms with E-state index in [2.05, 4.69) is 20.8 Å². The molecule has 0 saturated heterocycles. The molecule has 4 unspecified atom stereocenters. The van der Waals surface area contributed by atoms with Crippen molar-refractivity contribution in [3.63, 3.8) is 0 Å². The van der Waals surface area contributed by atoms with Gasteiger partial charge in [-0.05, 0) is 91.8 Å². The molecule has 4 aliphatic carbocycles. The quantitative estimate of drug-likeness (QED) is 0.412. The Morgan fingerprint density at radius 1 is 0.972 bits per heavy atom. The molecule has 4 fully saturated rings. The van der Waals surface area contributed by atoms with Gasteiger partial charge in [0.15, 0.2) is 0 Å². The molecule has 4 aliphatic rings. The standard InChI is InChI=1S/C29H46O7/c1-16(7-10-26(33)34-6)21-8-9-22-27-23(15-25(32)29(21,22)5)28(4)12-11-20(35-17(2)30)13-19(28)14-24(27)36-18(3)31/h16,19-25,27,32H,7-15H2,1-6H3/t16-,19-,20+,21+,22?,23?,24?,25-,27?,28-,29+/m0/s1. The number of ether oxygens (including phenoxy) is 3. The predicted molar refractivity (Wildman–Crippen MR) is 134 cm³/mol. The highest BCUT2D eigenvalue weighted by Gasteiger charge is 2.66. The number of aliphatic hydroxyl groups excluding tert-OH is 1. The third-order valence-corrected chi connectivity index (χ3v) is 11.2. The lowest BCUT2D eigenvalue weighted by Gasteiger charge is -2.64. The Labute approximate surface area is 216 Å². The zero-order valence-corrected chi connectivity index (χ0v) is 23.0. The third-order valence-electron chi connectivity index (χ3n) is 11.2. The number of methoxy groups -OCH3 is 1. The minimum absolute atomic E-state index is 0.0227. The number of hydrogen-bond donors (Lipinski definition) is 1. The Morgan fingerprint density at radius 3 is 2.31 bits per heavy atom. The molecule has 36 heavy (non-hydrogen) atoms. The van der Waals surface area contributed by atoms with Gasteiger partial charge in [-0.15, -0.1) is 0 Å². The summed E-state index contributed by atoms with van der Waals surface area (Å²) in [5, 5.41) is 11.8. The zero-order valence-electron chi connectivity index (χ0n) is 23.0. The smallest absolute Gasteiger partial charge is 0.305 e. The number of carbonyl (C=O) groups is 3. The molecule has 0 amide bonds. The topological polar surface area (TPSA) is 99.1 Å². The molecule has 0 aromatic heterocycles. The first-order valence-electron chi connectivity index (χ1n) is 14.0. The van der Waals surface area contributed by atoms with Crippen LogP contribution >= 0.6 is 0 Å². The van der Waals surface area contributed by atoms with Crippen molar-refractivity contribution >= 4 is 17.9 Å². The normalized spacial score (nSPS) is 44.4. The van der Waals surface area contributed by atoms with Gasteiger partial charge in [0.2, 0.25) is 0 Å². The molecule has 4 saturated carbocycles. The van der Waals surface area contributed by atoms with Gasteiger partial charge in [-0.25, -0.2) is 0 Å². The molecule has 0 bridgehead atoms. The largest absolute Gasteiger partial charge is 0.469 e. The average Bonchev–Trinajstić information content (AvgIpc) is 3.16. The van der Waals surface area contributed by atoms with E-state index in [9.17, 15) is 19.5 Å². The summed E-state index contributed by atoms with van der Waals surface area (Å²) >= 11 is 0. The highest BCUT2D eigenvalue weighted by molar-refractivity contribution is 5.69. The second-order valence-corrected chi connectivity index (χ2v) is 12.8. The number of esters is 3. The van der Waals surface area contributed by atoms with Crippen LogP contribution in [0.5, 0.6) is 0 Å². The fourth-order valence-electron chi connectivity index (χ4n) is 9.42. The maximum absolute atomic E-state index is 12.2. The average molecular weight is 507 g/mol. The minimum Gasteiger partial charge on any atom is -0.469 e. The molecule has 0 heterocycles. The van der Waals surface area contributed by atoms with E-state index < -0.39 is 6.10 Å². The molecule has 7 heteroatoms. The first kappa shape index (κ1) is 27.4. The summed E-state index contributed by atoms with van der Waals surface area (Å²) in [5.41, 5.74) is -0.248. The van der Waals surface area contributed by atoms with E-state index in [1.807, 2.05) is 0 Å². The highest BCUT2D eigenvalue weighted by Crippen LogP contribution is 2.68. The first-order valence-corrected chi connectivity index (χ1v) is 14.0. The summed E-state index contributed by atoms with van der Waals surface area (Å²) in [6.07, 6.45) is 6.59. The highest BCUT2D eigenvalue weighted by atomic mass is 16.5. The number of fused-ring (bicyclic) bond motifs is 5. The molecule has 1 N–H and O–H groups in total. The Hall–Kier alpha value is -1.63. The van der Waals surface area contributed by atoms with Crippen molar-refractivity contribution in [2.24, 2.45) is 46.3 Å². The van der Waals surface area contributed by atoms with Crippen molar-refractivity contribution in [1.82, 2.24) is 0 Å². The molecule has 204 valence electrons. The van der Waals surface area contributed by atoms with Gasteiger partial charge in [0, 0.05) is 26.2 Å². The minimum atomic E-state index is -0.434. The summed E-state index contributed by atoms with van der Waals surface area (Å²) < 4.78 is 16.5. The van der Waals surface area contributed by atoms with Gasteiger partial charge < -0.3 is 19.3 Å². The summed E-state index contributed by atoms with van der Waals surface area (Å²) in [7, 11) is 1.43. The predicted octanol–water partition coefficient (Wildman–Crippen LogP) is 4.68. The van der Waals surface area contributed by atoms with E-state index >= 15 is 0 Å². The lowest BCUT2D eigenvalue weighted by molar-refractivity contribution is -0.218. The van der Waals surface area contributed by atoms with Gasteiger partial charge in [0.25, 0.3) is 0 Å². The van der Waals surface area contributed by atoms with E-state index in [1.54, 1.807) is 0 Å². The van der Waals surface area contributed by atoms with Crippen molar-refractivity contribution in [2.75, 3.05) is 7.11 Å². The van der Waals surface area contributed by atoms with Crippen LogP contribution in [0.15, 0.2) is 0 Å². The van der Waals surface area contributed by atoms with Crippen LogP contribution < -0.4 is 0 Å².